The van der Waals surface area contributed by atoms with E-state index < -0.39 is 0 Å². The summed E-state index contributed by atoms with van der Waals surface area (Å²) in [4.78, 5) is 8.31. The summed E-state index contributed by atoms with van der Waals surface area (Å²) in [6.07, 6.45) is 2.48. The Morgan fingerprint density at radius 1 is 1.57 bits per heavy atom. The van der Waals surface area contributed by atoms with Gasteiger partial charge in [-0.2, -0.15) is 0 Å². The fourth-order valence-corrected chi connectivity index (χ4v) is 1.73. The topological polar surface area (TPSA) is 63.8 Å². The highest BCUT2D eigenvalue weighted by molar-refractivity contribution is 5.46. The SMILES string of the molecule is CCC1CC1Nc1cc(N)nc(C)n1. The molecule has 2 unspecified atom stereocenters. The van der Waals surface area contributed by atoms with Crippen LogP contribution in [0.1, 0.15) is 25.6 Å². The minimum atomic E-state index is 0.536. The van der Waals surface area contributed by atoms with Gasteiger partial charge in [-0.15, -0.1) is 0 Å². The summed E-state index contributed by atoms with van der Waals surface area (Å²) in [5.74, 6) is 2.93. The molecule has 4 heteroatoms. The molecule has 3 N–H and O–H groups in total. The molecule has 0 amide bonds. The maximum atomic E-state index is 5.63. The standard InChI is InChI=1S/C10H16N4/c1-3-7-4-8(7)14-10-5-9(11)12-6(2)13-10/h5,7-8H,3-4H2,1-2H3,(H3,11,12,13,14). The normalized spacial score (nSPS) is 24.7. The number of nitrogens with one attached hydrogen (secondary N) is 1. The predicted molar refractivity (Wildman–Crippen MR) is 57.0 cm³/mol. The first kappa shape index (κ1) is 9.24. The highest BCUT2D eigenvalue weighted by Gasteiger charge is 2.35. The average molecular weight is 192 g/mol. The third-order valence-corrected chi connectivity index (χ3v) is 2.64. The molecule has 1 heterocycles. The van der Waals surface area contributed by atoms with E-state index in [4.69, 9.17) is 5.73 Å². The van der Waals surface area contributed by atoms with Crippen LogP contribution in [0.4, 0.5) is 11.6 Å². The van der Waals surface area contributed by atoms with Crippen molar-refractivity contribution >= 4 is 11.6 Å². The van der Waals surface area contributed by atoms with Crippen LogP contribution in [0.2, 0.25) is 0 Å². The van der Waals surface area contributed by atoms with Gasteiger partial charge in [-0.3, -0.25) is 0 Å². The van der Waals surface area contributed by atoms with E-state index in [-0.39, 0.29) is 0 Å². The maximum Gasteiger partial charge on any atom is 0.132 e. The number of rotatable bonds is 3. The molecule has 0 saturated heterocycles. The predicted octanol–water partition coefficient (Wildman–Crippen LogP) is 1.58. The summed E-state index contributed by atoms with van der Waals surface area (Å²) < 4.78 is 0. The van der Waals surface area contributed by atoms with Gasteiger partial charge >= 0.3 is 0 Å². The first-order valence-corrected chi connectivity index (χ1v) is 5.06. The second-order valence-corrected chi connectivity index (χ2v) is 3.88. The lowest BCUT2D eigenvalue weighted by Crippen LogP contribution is -2.08. The number of anilines is 2. The van der Waals surface area contributed by atoms with Crippen LogP contribution in [0.5, 0.6) is 0 Å². The summed E-state index contributed by atoms with van der Waals surface area (Å²) in [5.41, 5.74) is 5.63. The van der Waals surface area contributed by atoms with Gasteiger partial charge in [-0.1, -0.05) is 13.3 Å². The molecule has 1 fully saturated rings. The molecule has 1 aliphatic carbocycles. The Balaban J connectivity index is 2.03. The molecule has 0 aromatic carbocycles. The van der Waals surface area contributed by atoms with Gasteiger partial charge in [0.1, 0.15) is 17.5 Å². The van der Waals surface area contributed by atoms with Gasteiger partial charge in [0.2, 0.25) is 0 Å². The molecule has 2 atom stereocenters. The van der Waals surface area contributed by atoms with E-state index in [1.165, 1.54) is 12.8 Å². The maximum absolute atomic E-state index is 5.63. The van der Waals surface area contributed by atoms with Crippen LogP contribution < -0.4 is 11.1 Å². The van der Waals surface area contributed by atoms with E-state index >= 15 is 0 Å². The van der Waals surface area contributed by atoms with Crippen molar-refractivity contribution in [3.05, 3.63) is 11.9 Å². The van der Waals surface area contributed by atoms with Crippen molar-refractivity contribution in [2.24, 2.45) is 5.92 Å². The van der Waals surface area contributed by atoms with E-state index in [1.807, 2.05) is 6.92 Å². The van der Waals surface area contributed by atoms with E-state index in [0.29, 0.717) is 11.9 Å². The number of aromatic nitrogens is 2. The molecule has 1 aromatic heterocycles. The molecule has 2 rings (SSSR count). The van der Waals surface area contributed by atoms with E-state index in [9.17, 15) is 0 Å². The van der Waals surface area contributed by atoms with Gasteiger partial charge in [0.25, 0.3) is 0 Å². The van der Waals surface area contributed by atoms with Crippen LogP contribution in [0.3, 0.4) is 0 Å². The number of hydrogen-bond donors (Lipinski definition) is 2. The van der Waals surface area contributed by atoms with Crippen LogP contribution in [0.25, 0.3) is 0 Å². The van der Waals surface area contributed by atoms with Crippen molar-refractivity contribution in [3.8, 4) is 0 Å². The Hall–Kier alpha value is -1.32. The van der Waals surface area contributed by atoms with Crippen molar-refractivity contribution in [1.29, 1.82) is 0 Å². The van der Waals surface area contributed by atoms with Gasteiger partial charge in [-0.25, -0.2) is 9.97 Å². The monoisotopic (exact) mass is 192 g/mol. The average Bonchev–Trinajstić information content (AvgIpc) is 2.81. The fourth-order valence-electron chi connectivity index (χ4n) is 1.73. The molecule has 4 nitrogen and oxygen atoms in total. The van der Waals surface area contributed by atoms with Gasteiger partial charge in [0.15, 0.2) is 0 Å². The number of hydrogen-bond acceptors (Lipinski definition) is 4. The lowest BCUT2D eigenvalue weighted by Gasteiger charge is -2.05. The van der Waals surface area contributed by atoms with Crippen molar-refractivity contribution in [1.82, 2.24) is 9.97 Å². The van der Waals surface area contributed by atoms with E-state index in [1.54, 1.807) is 6.07 Å². The van der Waals surface area contributed by atoms with Gasteiger partial charge in [-0.05, 0) is 19.3 Å². The minimum Gasteiger partial charge on any atom is -0.384 e. The van der Waals surface area contributed by atoms with Crippen LogP contribution in [-0.4, -0.2) is 16.0 Å². The summed E-state index contributed by atoms with van der Waals surface area (Å²) in [6, 6.07) is 2.38. The Morgan fingerprint density at radius 2 is 2.36 bits per heavy atom. The van der Waals surface area contributed by atoms with Gasteiger partial charge in [0, 0.05) is 12.1 Å². The van der Waals surface area contributed by atoms with Crippen molar-refractivity contribution < 1.29 is 0 Å². The van der Waals surface area contributed by atoms with Crippen molar-refractivity contribution in [2.45, 2.75) is 32.7 Å². The van der Waals surface area contributed by atoms with Crippen molar-refractivity contribution in [3.63, 3.8) is 0 Å². The molecule has 1 saturated carbocycles. The van der Waals surface area contributed by atoms with Crippen molar-refractivity contribution in [2.75, 3.05) is 11.1 Å². The van der Waals surface area contributed by atoms with Gasteiger partial charge in [0.05, 0.1) is 0 Å². The van der Waals surface area contributed by atoms with Crippen LogP contribution in [0.15, 0.2) is 6.07 Å². The molecule has 0 radical (unpaired) electrons. The summed E-state index contributed by atoms with van der Waals surface area (Å²) in [7, 11) is 0. The highest BCUT2D eigenvalue weighted by atomic mass is 15.1. The highest BCUT2D eigenvalue weighted by Crippen LogP contribution is 2.35. The largest absolute Gasteiger partial charge is 0.384 e. The summed E-state index contributed by atoms with van der Waals surface area (Å²) in [5, 5.41) is 3.37. The second kappa shape index (κ2) is 3.44. The zero-order chi connectivity index (χ0) is 10.1. The molecular weight excluding hydrogens is 176 g/mol. The Kier molecular flexibility index (Phi) is 2.27. The van der Waals surface area contributed by atoms with Crippen LogP contribution in [0, 0.1) is 12.8 Å². The quantitative estimate of drug-likeness (QED) is 0.763. The molecule has 0 bridgehead atoms. The molecular formula is C10H16N4. The lowest BCUT2D eigenvalue weighted by molar-refractivity contribution is 0.773. The van der Waals surface area contributed by atoms with Crippen LogP contribution in [-0.2, 0) is 0 Å². The summed E-state index contributed by atoms with van der Waals surface area (Å²) in [6.45, 7) is 4.07. The molecule has 14 heavy (non-hydrogen) atoms. The fraction of sp³-hybridized carbons (Fsp3) is 0.600. The van der Waals surface area contributed by atoms with E-state index in [0.717, 1.165) is 17.6 Å². The molecule has 1 aliphatic rings. The number of nitrogens with zero attached hydrogens (tertiary/aromatic N) is 2. The second-order valence-electron chi connectivity index (χ2n) is 3.88. The van der Waals surface area contributed by atoms with Crippen LogP contribution >= 0.6 is 0 Å². The summed E-state index contributed by atoms with van der Waals surface area (Å²) >= 11 is 0. The zero-order valence-electron chi connectivity index (χ0n) is 8.62. The first-order valence-electron chi connectivity index (χ1n) is 5.06. The third kappa shape index (κ3) is 1.95. The minimum absolute atomic E-state index is 0.536. The van der Waals surface area contributed by atoms with Gasteiger partial charge < -0.3 is 11.1 Å². The number of nitrogens with two attached hydrogens (primary N) is 1. The Morgan fingerprint density at radius 3 is 2.93 bits per heavy atom. The first-order chi connectivity index (χ1) is 6.69. The third-order valence-electron chi connectivity index (χ3n) is 2.64. The Bertz CT molecular complexity index is 317. The molecule has 1 aromatic rings. The molecule has 0 aliphatic heterocycles. The zero-order valence-corrected chi connectivity index (χ0v) is 8.62. The van der Waals surface area contributed by atoms with E-state index in [2.05, 4.69) is 22.2 Å². The Labute approximate surface area is 83.9 Å². The number of aryl methyl sites for hydroxylation is 1. The molecule has 0 spiro atoms. The smallest absolute Gasteiger partial charge is 0.132 e. The molecule has 76 valence electrons. The lowest BCUT2D eigenvalue weighted by atomic mass is 10.3. The number of nitrogen functional groups attached to an aromatic ring is 1.